The predicted molar refractivity (Wildman–Crippen MR) is 94.8 cm³/mol. The summed E-state index contributed by atoms with van der Waals surface area (Å²) in [6.45, 7) is 7.04. The van der Waals surface area contributed by atoms with Crippen LogP contribution in [0, 0.1) is 0 Å². The minimum Gasteiger partial charge on any atom is -0.372 e. The van der Waals surface area contributed by atoms with E-state index in [1.54, 1.807) is 11.3 Å². The summed E-state index contributed by atoms with van der Waals surface area (Å²) in [6.07, 6.45) is 7.93. The molecule has 24 heavy (non-hydrogen) atoms. The molecule has 2 aromatic heterocycles. The fourth-order valence-corrected chi connectivity index (χ4v) is 4.41. The van der Waals surface area contributed by atoms with E-state index in [1.165, 1.54) is 10.6 Å². The van der Waals surface area contributed by atoms with Crippen LogP contribution in [-0.4, -0.2) is 58.2 Å². The third kappa shape index (κ3) is 3.83. The summed E-state index contributed by atoms with van der Waals surface area (Å²) in [5.74, 6) is 0. The van der Waals surface area contributed by atoms with Gasteiger partial charge in [0.1, 0.15) is 5.01 Å². The Balaban J connectivity index is 1.32. The van der Waals surface area contributed by atoms with Crippen LogP contribution in [0.4, 0.5) is 0 Å². The molecule has 2 aromatic rings. The number of thiazole rings is 1. The standard InChI is InChI=1S/C18H24N4OS/c1-2-16(12-19-5-1)13-21-7-3-18(4-8-21)15-22(9-10-23-18)14-17-20-6-11-24-17/h1-2,5-6,11-12H,3-4,7-10,13-15H2. The van der Waals surface area contributed by atoms with Crippen molar-refractivity contribution in [1.82, 2.24) is 19.8 Å². The largest absolute Gasteiger partial charge is 0.372 e. The lowest BCUT2D eigenvalue weighted by atomic mass is 9.89. The first kappa shape index (κ1) is 16.1. The van der Waals surface area contributed by atoms with Gasteiger partial charge in [-0.15, -0.1) is 11.3 Å². The molecule has 4 heterocycles. The first-order valence-electron chi connectivity index (χ1n) is 8.67. The Morgan fingerprint density at radius 2 is 2.04 bits per heavy atom. The van der Waals surface area contributed by atoms with Crippen molar-refractivity contribution < 1.29 is 4.74 Å². The molecule has 1 spiro atoms. The normalized spacial score (nSPS) is 22.0. The molecule has 2 saturated heterocycles. The van der Waals surface area contributed by atoms with Crippen LogP contribution in [0.2, 0.25) is 0 Å². The van der Waals surface area contributed by atoms with E-state index in [4.69, 9.17) is 4.74 Å². The van der Waals surface area contributed by atoms with E-state index >= 15 is 0 Å². The maximum Gasteiger partial charge on any atom is 0.107 e. The molecule has 0 saturated carbocycles. The van der Waals surface area contributed by atoms with Crippen molar-refractivity contribution in [3.05, 3.63) is 46.7 Å². The quantitative estimate of drug-likeness (QED) is 0.852. The topological polar surface area (TPSA) is 41.5 Å². The molecule has 0 N–H and O–H groups in total. The van der Waals surface area contributed by atoms with E-state index in [2.05, 4.69) is 31.2 Å². The smallest absolute Gasteiger partial charge is 0.107 e. The summed E-state index contributed by atoms with van der Waals surface area (Å²) in [4.78, 5) is 13.7. The van der Waals surface area contributed by atoms with Crippen molar-refractivity contribution in [3.63, 3.8) is 0 Å². The number of hydrogen-bond donors (Lipinski definition) is 0. The summed E-state index contributed by atoms with van der Waals surface area (Å²) in [6, 6.07) is 4.17. The molecular weight excluding hydrogens is 320 g/mol. The molecule has 5 nitrogen and oxygen atoms in total. The Bertz CT molecular complexity index is 626. The zero-order valence-electron chi connectivity index (χ0n) is 13.9. The molecule has 6 heteroatoms. The van der Waals surface area contributed by atoms with E-state index in [0.29, 0.717) is 0 Å². The molecule has 2 aliphatic heterocycles. The third-order valence-electron chi connectivity index (χ3n) is 5.07. The summed E-state index contributed by atoms with van der Waals surface area (Å²) in [7, 11) is 0. The van der Waals surface area contributed by atoms with Crippen molar-refractivity contribution in [1.29, 1.82) is 0 Å². The number of hydrogen-bond acceptors (Lipinski definition) is 6. The molecule has 128 valence electrons. The van der Waals surface area contributed by atoms with Gasteiger partial charge in [-0.05, 0) is 24.5 Å². The van der Waals surface area contributed by atoms with Crippen molar-refractivity contribution >= 4 is 11.3 Å². The Hall–Kier alpha value is -1.34. The second-order valence-corrected chi connectivity index (χ2v) is 7.78. The van der Waals surface area contributed by atoms with Gasteiger partial charge in [-0.1, -0.05) is 6.07 Å². The van der Waals surface area contributed by atoms with Crippen LogP contribution in [0.3, 0.4) is 0 Å². The SMILES string of the molecule is c1cncc(CN2CCC3(CC2)CN(Cc2nccs2)CCO3)c1. The van der Waals surface area contributed by atoms with Crippen molar-refractivity contribution in [2.45, 2.75) is 31.5 Å². The summed E-state index contributed by atoms with van der Waals surface area (Å²) in [5.41, 5.74) is 1.34. The average Bonchev–Trinajstić information content (AvgIpc) is 3.11. The van der Waals surface area contributed by atoms with Crippen LogP contribution in [0.15, 0.2) is 36.1 Å². The number of ether oxygens (including phenoxy) is 1. The number of piperidine rings is 1. The molecule has 0 bridgehead atoms. The van der Waals surface area contributed by atoms with Crippen molar-refractivity contribution in [2.24, 2.45) is 0 Å². The third-order valence-corrected chi connectivity index (χ3v) is 5.83. The van der Waals surface area contributed by atoms with Crippen LogP contribution in [0.5, 0.6) is 0 Å². The van der Waals surface area contributed by atoms with Gasteiger partial charge in [-0.3, -0.25) is 14.8 Å². The van der Waals surface area contributed by atoms with Crippen LogP contribution >= 0.6 is 11.3 Å². The van der Waals surface area contributed by atoms with Gasteiger partial charge in [-0.25, -0.2) is 4.98 Å². The monoisotopic (exact) mass is 344 g/mol. The summed E-state index contributed by atoms with van der Waals surface area (Å²) >= 11 is 1.75. The zero-order valence-corrected chi connectivity index (χ0v) is 14.7. The van der Waals surface area contributed by atoms with Gasteiger partial charge >= 0.3 is 0 Å². The van der Waals surface area contributed by atoms with Gasteiger partial charge in [0.2, 0.25) is 0 Å². The highest BCUT2D eigenvalue weighted by Gasteiger charge is 2.39. The molecule has 2 fully saturated rings. The van der Waals surface area contributed by atoms with Gasteiger partial charge in [0.05, 0.1) is 18.8 Å². The fraction of sp³-hybridized carbons (Fsp3) is 0.556. The van der Waals surface area contributed by atoms with Gasteiger partial charge in [0.15, 0.2) is 0 Å². The van der Waals surface area contributed by atoms with Crippen molar-refractivity contribution in [3.8, 4) is 0 Å². The van der Waals surface area contributed by atoms with Crippen LogP contribution in [0.1, 0.15) is 23.4 Å². The Morgan fingerprint density at radius 1 is 1.12 bits per heavy atom. The molecule has 0 amide bonds. The molecule has 0 aromatic carbocycles. The summed E-state index contributed by atoms with van der Waals surface area (Å²) < 4.78 is 6.26. The zero-order chi connectivity index (χ0) is 16.2. The van der Waals surface area contributed by atoms with E-state index in [1.807, 2.05) is 24.7 Å². The highest BCUT2D eigenvalue weighted by molar-refractivity contribution is 7.09. The van der Waals surface area contributed by atoms with Crippen molar-refractivity contribution in [2.75, 3.05) is 32.8 Å². The van der Waals surface area contributed by atoms with Crippen LogP contribution in [0.25, 0.3) is 0 Å². The molecule has 0 atom stereocenters. The van der Waals surface area contributed by atoms with Gasteiger partial charge in [0.25, 0.3) is 0 Å². The minimum atomic E-state index is 0.0426. The molecular formula is C18H24N4OS. The number of morpholine rings is 1. The fourth-order valence-electron chi connectivity index (χ4n) is 3.75. The number of nitrogens with zero attached hydrogens (tertiary/aromatic N) is 4. The Kier molecular flexibility index (Phi) is 4.89. The van der Waals surface area contributed by atoms with E-state index in [9.17, 15) is 0 Å². The molecule has 0 radical (unpaired) electrons. The summed E-state index contributed by atoms with van der Waals surface area (Å²) in [5, 5.41) is 3.27. The Labute approximate surface area is 147 Å². The minimum absolute atomic E-state index is 0.0426. The highest BCUT2D eigenvalue weighted by atomic mass is 32.1. The van der Waals surface area contributed by atoms with Crippen LogP contribution in [-0.2, 0) is 17.8 Å². The molecule has 2 aliphatic rings. The lowest BCUT2D eigenvalue weighted by molar-refractivity contribution is -0.138. The van der Waals surface area contributed by atoms with Gasteiger partial charge in [0, 0.05) is 56.7 Å². The van der Waals surface area contributed by atoms with E-state index in [0.717, 1.165) is 58.7 Å². The maximum atomic E-state index is 6.26. The predicted octanol–water partition coefficient (Wildman–Crippen LogP) is 2.41. The molecule has 4 rings (SSSR count). The Morgan fingerprint density at radius 3 is 2.79 bits per heavy atom. The second kappa shape index (κ2) is 7.27. The second-order valence-electron chi connectivity index (χ2n) is 6.81. The number of aromatic nitrogens is 2. The number of pyridine rings is 1. The number of likely N-dealkylation sites (tertiary alicyclic amines) is 1. The molecule has 0 unspecified atom stereocenters. The number of rotatable bonds is 4. The first-order chi connectivity index (χ1) is 11.8. The van der Waals surface area contributed by atoms with Crippen LogP contribution < -0.4 is 0 Å². The van der Waals surface area contributed by atoms with E-state index in [-0.39, 0.29) is 5.60 Å². The van der Waals surface area contributed by atoms with Gasteiger partial charge in [-0.2, -0.15) is 0 Å². The van der Waals surface area contributed by atoms with Gasteiger partial charge < -0.3 is 4.74 Å². The van der Waals surface area contributed by atoms with E-state index < -0.39 is 0 Å². The first-order valence-corrected chi connectivity index (χ1v) is 9.55. The highest BCUT2D eigenvalue weighted by Crippen LogP contribution is 2.31. The lowest BCUT2D eigenvalue weighted by Gasteiger charge is -2.47. The average molecular weight is 344 g/mol. The molecule has 0 aliphatic carbocycles. The maximum absolute atomic E-state index is 6.26. The lowest BCUT2D eigenvalue weighted by Crippen LogP contribution is -2.56.